The molecular formula is C23H33IN6O2. The second kappa shape index (κ2) is 13.1. The van der Waals surface area contributed by atoms with Crippen molar-refractivity contribution in [1.82, 2.24) is 15.2 Å². The molecule has 0 spiro atoms. The van der Waals surface area contributed by atoms with E-state index in [4.69, 9.17) is 4.74 Å². The highest BCUT2D eigenvalue weighted by molar-refractivity contribution is 14.0. The van der Waals surface area contributed by atoms with E-state index in [1.165, 1.54) is 5.69 Å². The first-order valence-electron chi connectivity index (χ1n) is 10.7. The van der Waals surface area contributed by atoms with E-state index < -0.39 is 0 Å². The van der Waals surface area contributed by atoms with Crippen molar-refractivity contribution in [2.45, 2.75) is 20.3 Å². The number of pyridine rings is 1. The Balaban J connectivity index is 0.00000363. The van der Waals surface area contributed by atoms with Crippen LogP contribution in [0, 0.1) is 6.92 Å². The third-order valence-corrected chi connectivity index (χ3v) is 5.09. The summed E-state index contributed by atoms with van der Waals surface area (Å²) in [4.78, 5) is 25.8. The maximum Gasteiger partial charge on any atom is 0.227 e. The summed E-state index contributed by atoms with van der Waals surface area (Å²) in [7, 11) is 1.69. The number of hydrogen-bond donors (Lipinski definition) is 2. The number of nitrogens with one attached hydrogen (secondary N) is 2. The Hall–Kier alpha value is -2.56. The van der Waals surface area contributed by atoms with Crippen LogP contribution in [0.3, 0.4) is 0 Å². The number of guanidine groups is 1. The van der Waals surface area contributed by atoms with Crippen LogP contribution in [0.15, 0.2) is 47.5 Å². The fraction of sp³-hybridized carbons (Fsp3) is 0.435. The Labute approximate surface area is 207 Å². The molecule has 1 aliphatic heterocycles. The van der Waals surface area contributed by atoms with E-state index >= 15 is 0 Å². The number of benzene rings is 1. The summed E-state index contributed by atoms with van der Waals surface area (Å²) in [5.41, 5.74) is 2.04. The average molecular weight is 552 g/mol. The minimum atomic E-state index is -0.0828. The molecule has 0 bridgehead atoms. The van der Waals surface area contributed by atoms with Crippen LogP contribution in [-0.2, 0) is 4.79 Å². The molecule has 1 saturated heterocycles. The number of methoxy groups -OCH3 is 1. The lowest BCUT2D eigenvalue weighted by atomic mass is 10.2. The highest BCUT2D eigenvalue weighted by Gasteiger charge is 2.20. The molecule has 32 heavy (non-hydrogen) atoms. The molecule has 1 fully saturated rings. The van der Waals surface area contributed by atoms with E-state index in [9.17, 15) is 4.79 Å². The van der Waals surface area contributed by atoms with Crippen molar-refractivity contribution in [1.29, 1.82) is 0 Å². The van der Waals surface area contributed by atoms with Gasteiger partial charge in [-0.25, -0.2) is 4.98 Å². The number of aliphatic imine (C=N–C) groups is 1. The van der Waals surface area contributed by atoms with Crippen LogP contribution < -0.4 is 20.3 Å². The van der Waals surface area contributed by atoms with E-state index in [2.05, 4.69) is 49.5 Å². The van der Waals surface area contributed by atoms with Crippen LogP contribution in [0.2, 0.25) is 0 Å². The monoisotopic (exact) mass is 552 g/mol. The van der Waals surface area contributed by atoms with E-state index in [0.717, 1.165) is 50.1 Å². The van der Waals surface area contributed by atoms with Crippen molar-refractivity contribution in [3.05, 3.63) is 48.2 Å². The number of halogens is 1. The average Bonchev–Trinajstić information content (AvgIpc) is 2.79. The van der Waals surface area contributed by atoms with Crippen LogP contribution >= 0.6 is 24.0 Å². The zero-order valence-corrected chi connectivity index (χ0v) is 21.3. The van der Waals surface area contributed by atoms with Crippen molar-refractivity contribution in [3.63, 3.8) is 0 Å². The molecular weight excluding hydrogens is 519 g/mol. The first kappa shape index (κ1) is 25.7. The topological polar surface area (TPSA) is 82.1 Å². The van der Waals surface area contributed by atoms with Gasteiger partial charge in [-0.05, 0) is 38.1 Å². The van der Waals surface area contributed by atoms with Crippen LogP contribution in [0.25, 0.3) is 0 Å². The number of amides is 1. The lowest BCUT2D eigenvalue weighted by molar-refractivity contribution is -0.116. The first-order valence-corrected chi connectivity index (χ1v) is 10.7. The summed E-state index contributed by atoms with van der Waals surface area (Å²) < 4.78 is 5.34. The van der Waals surface area contributed by atoms with Gasteiger partial charge in [0.25, 0.3) is 0 Å². The standard InChI is InChI=1S/C23H32N6O2.HI/c1-4-24-23(25-12-11-22(30)27-21-10-5-7-18(2)26-21)29-15-13-28(14-16-29)19-8-6-9-20(17-19)31-3;/h5-10,17H,4,11-16H2,1-3H3,(H,24,25)(H,26,27,30);1H. The number of piperazine rings is 1. The molecule has 1 aliphatic rings. The summed E-state index contributed by atoms with van der Waals surface area (Å²) in [6, 6.07) is 13.7. The van der Waals surface area contributed by atoms with Gasteiger partial charge in [0.2, 0.25) is 5.91 Å². The number of hydrogen-bond acceptors (Lipinski definition) is 5. The largest absolute Gasteiger partial charge is 0.497 e. The quantitative estimate of drug-likeness (QED) is 0.312. The van der Waals surface area contributed by atoms with Crippen LogP contribution in [0.1, 0.15) is 19.0 Å². The third-order valence-electron chi connectivity index (χ3n) is 5.09. The van der Waals surface area contributed by atoms with Gasteiger partial charge in [-0.2, -0.15) is 0 Å². The van der Waals surface area contributed by atoms with Gasteiger partial charge in [-0.3, -0.25) is 9.79 Å². The minimum Gasteiger partial charge on any atom is -0.497 e. The molecule has 2 aromatic rings. The zero-order valence-electron chi connectivity index (χ0n) is 19.0. The first-order chi connectivity index (χ1) is 15.1. The summed E-state index contributed by atoms with van der Waals surface area (Å²) in [6.45, 7) is 8.69. The van der Waals surface area contributed by atoms with Crippen molar-refractivity contribution < 1.29 is 9.53 Å². The van der Waals surface area contributed by atoms with E-state index in [1.54, 1.807) is 13.2 Å². The normalized spacial score (nSPS) is 13.9. The molecule has 2 heterocycles. The number of ether oxygens (including phenoxy) is 1. The molecule has 9 heteroatoms. The van der Waals surface area contributed by atoms with Crippen LogP contribution in [0.4, 0.5) is 11.5 Å². The molecule has 1 aromatic heterocycles. The number of nitrogens with zero attached hydrogens (tertiary/aromatic N) is 4. The number of anilines is 2. The molecule has 8 nitrogen and oxygen atoms in total. The number of aryl methyl sites for hydroxylation is 1. The predicted octanol–water partition coefficient (Wildman–Crippen LogP) is 3.13. The predicted molar refractivity (Wildman–Crippen MR) is 140 cm³/mol. The van der Waals surface area contributed by atoms with Gasteiger partial charge in [0.15, 0.2) is 5.96 Å². The van der Waals surface area contributed by atoms with Gasteiger partial charge in [-0.1, -0.05) is 12.1 Å². The highest BCUT2D eigenvalue weighted by Crippen LogP contribution is 2.22. The van der Waals surface area contributed by atoms with Gasteiger partial charge in [-0.15, -0.1) is 24.0 Å². The second-order valence-electron chi connectivity index (χ2n) is 7.37. The summed E-state index contributed by atoms with van der Waals surface area (Å²) in [5, 5.41) is 6.18. The number of aromatic nitrogens is 1. The highest BCUT2D eigenvalue weighted by atomic mass is 127. The third kappa shape index (κ3) is 7.54. The molecule has 0 unspecified atom stereocenters. The molecule has 0 atom stereocenters. The SMILES string of the molecule is CCNC(=NCCC(=O)Nc1cccc(C)n1)N1CCN(c2cccc(OC)c2)CC1.I. The molecule has 2 N–H and O–H groups in total. The van der Waals surface area contributed by atoms with Crippen LogP contribution in [0.5, 0.6) is 5.75 Å². The Bertz CT molecular complexity index is 900. The molecule has 0 aliphatic carbocycles. The number of rotatable bonds is 7. The van der Waals surface area contributed by atoms with Crippen LogP contribution in [-0.4, -0.2) is 68.1 Å². The number of carbonyl (C=O) groups is 1. The molecule has 3 rings (SSSR count). The van der Waals surface area contributed by atoms with Gasteiger partial charge < -0.3 is 25.2 Å². The zero-order chi connectivity index (χ0) is 22.1. The van der Waals surface area contributed by atoms with Crippen molar-refractivity contribution >= 4 is 47.3 Å². The van der Waals surface area contributed by atoms with Crippen molar-refractivity contribution in [3.8, 4) is 5.75 Å². The van der Waals surface area contributed by atoms with Gasteiger partial charge in [0.05, 0.1) is 13.7 Å². The maximum absolute atomic E-state index is 12.2. The Kier molecular flexibility index (Phi) is 10.5. The summed E-state index contributed by atoms with van der Waals surface area (Å²) in [6.07, 6.45) is 0.314. The fourth-order valence-electron chi connectivity index (χ4n) is 3.49. The molecule has 174 valence electrons. The van der Waals surface area contributed by atoms with E-state index in [1.807, 2.05) is 31.2 Å². The Morgan fingerprint density at radius 2 is 1.91 bits per heavy atom. The Morgan fingerprint density at radius 1 is 1.16 bits per heavy atom. The molecule has 0 radical (unpaired) electrons. The lowest BCUT2D eigenvalue weighted by Crippen LogP contribution is -2.52. The fourth-order valence-corrected chi connectivity index (χ4v) is 3.49. The second-order valence-corrected chi connectivity index (χ2v) is 7.37. The minimum absolute atomic E-state index is 0. The Morgan fingerprint density at radius 3 is 2.59 bits per heavy atom. The molecule has 1 aromatic carbocycles. The number of carbonyl (C=O) groups excluding carboxylic acids is 1. The van der Waals surface area contributed by atoms with Gasteiger partial charge in [0.1, 0.15) is 11.6 Å². The summed E-state index contributed by atoms with van der Waals surface area (Å²) >= 11 is 0. The molecule has 0 saturated carbocycles. The lowest BCUT2D eigenvalue weighted by Gasteiger charge is -2.37. The van der Waals surface area contributed by atoms with E-state index in [-0.39, 0.29) is 29.9 Å². The molecule has 1 amide bonds. The van der Waals surface area contributed by atoms with Gasteiger partial charge >= 0.3 is 0 Å². The summed E-state index contributed by atoms with van der Waals surface area (Å²) in [5.74, 6) is 2.22. The maximum atomic E-state index is 12.2. The van der Waals surface area contributed by atoms with Crippen molar-refractivity contribution in [2.24, 2.45) is 4.99 Å². The smallest absolute Gasteiger partial charge is 0.227 e. The van der Waals surface area contributed by atoms with Crippen molar-refractivity contribution in [2.75, 3.05) is 56.6 Å². The van der Waals surface area contributed by atoms with Gasteiger partial charge in [0, 0.05) is 56.6 Å². The van der Waals surface area contributed by atoms with E-state index in [0.29, 0.717) is 18.8 Å².